The molecule has 1 aliphatic rings. The monoisotopic (exact) mass is 284 g/mol. The third kappa shape index (κ3) is 4.16. The molecule has 0 aromatic heterocycles. The van der Waals surface area contributed by atoms with Gasteiger partial charge in [-0.25, -0.2) is 0 Å². The Labute approximate surface area is 117 Å². The second-order valence-electron chi connectivity index (χ2n) is 4.59. The number of aryl methyl sites for hydroxylation is 1. The number of nitrogens with zero attached hydrogens (tertiary/aromatic N) is 2. The zero-order chi connectivity index (χ0) is 13.7. The largest absolute Gasteiger partial charge is 0.379 e. The van der Waals surface area contributed by atoms with Crippen LogP contribution in [0, 0.1) is 10.1 Å². The van der Waals surface area contributed by atoms with Crippen LogP contribution in [-0.2, 0) is 11.2 Å². The lowest BCUT2D eigenvalue weighted by molar-refractivity contribution is -0.385. The Kier molecular flexibility index (Phi) is 5.13. The van der Waals surface area contributed by atoms with Crippen molar-refractivity contribution < 1.29 is 9.66 Å². The number of morpholine rings is 1. The molecule has 0 atom stereocenters. The van der Waals surface area contributed by atoms with E-state index in [4.69, 9.17) is 16.3 Å². The van der Waals surface area contributed by atoms with Crippen molar-refractivity contribution in [3.05, 3.63) is 38.9 Å². The van der Waals surface area contributed by atoms with Crippen LogP contribution in [0.15, 0.2) is 18.2 Å². The van der Waals surface area contributed by atoms with Gasteiger partial charge in [0.25, 0.3) is 5.69 Å². The van der Waals surface area contributed by atoms with E-state index < -0.39 is 0 Å². The summed E-state index contributed by atoms with van der Waals surface area (Å²) < 4.78 is 5.28. The van der Waals surface area contributed by atoms with Crippen molar-refractivity contribution in [2.45, 2.75) is 12.8 Å². The molecule has 0 unspecified atom stereocenters. The molecule has 1 fully saturated rings. The van der Waals surface area contributed by atoms with Crippen LogP contribution >= 0.6 is 11.6 Å². The third-order valence-corrected chi connectivity index (χ3v) is 3.50. The van der Waals surface area contributed by atoms with Crippen LogP contribution < -0.4 is 0 Å². The highest BCUT2D eigenvalue weighted by Crippen LogP contribution is 2.24. The van der Waals surface area contributed by atoms with Crippen LogP contribution in [0.25, 0.3) is 0 Å². The molecule has 19 heavy (non-hydrogen) atoms. The zero-order valence-corrected chi connectivity index (χ0v) is 11.4. The minimum Gasteiger partial charge on any atom is -0.379 e. The van der Waals surface area contributed by atoms with Gasteiger partial charge in [-0.1, -0.05) is 17.7 Å². The topological polar surface area (TPSA) is 55.6 Å². The number of nitro groups is 1. The van der Waals surface area contributed by atoms with Gasteiger partial charge in [-0.15, -0.1) is 0 Å². The maximum atomic E-state index is 11.0. The summed E-state index contributed by atoms with van der Waals surface area (Å²) >= 11 is 5.79. The van der Waals surface area contributed by atoms with Crippen molar-refractivity contribution >= 4 is 17.3 Å². The summed E-state index contributed by atoms with van der Waals surface area (Å²) in [5.74, 6) is 0. The lowest BCUT2D eigenvalue weighted by Gasteiger charge is -2.26. The fourth-order valence-electron chi connectivity index (χ4n) is 2.24. The molecule has 0 radical (unpaired) electrons. The normalized spacial score (nSPS) is 16.5. The molecular formula is C13H17ClN2O3. The number of rotatable bonds is 5. The van der Waals surface area contributed by atoms with Gasteiger partial charge in [0.05, 0.1) is 18.1 Å². The Hall–Kier alpha value is -1.17. The van der Waals surface area contributed by atoms with Crippen molar-refractivity contribution in [2.24, 2.45) is 0 Å². The fraction of sp³-hybridized carbons (Fsp3) is 0.538. The van der Waals surface area contributed by atoms with Gasteiger partial charge >= 0.3 is 0 Å². The van der Waals surface area contributed by atoms with Gasteiger partial charge in [0.15, 0.2) is 0 Å². The molecule has 0 amide bonds. The molecule has 1 aliphatic heterocycles. The van der Waals surface area contributed by atoms with E-state index in [1.165, 1.54) is 6.07 Å². The quantitative estimate of drug-likeness (QED) is 0.616. The summed E-state index contributed by atoms with van der Waals surface area (Å²) in [4.78, 5) is 12.9. The minimum absolute atomic E-state index is 0.120. The average molecular weight is 285 g/mol. The van der Waals surface area contributed by atoms with E-state index in [0.29, 0.717) is 11.4 Å². The zero-order valence-electron chi connectivity index (χ0n) is 10.7. The van der Waals surface area contributed by atoms with Gasteiger partial charge in [-0.2, -0.15) is 0 Å². The standard InChI is InChI=1S/C13H17ClN2O3/c14-12-4-3-11(13(10-12)16(17)18)2-1-5-15-6-8-19-9-7-15/h3-4,10H,1-2,5-9H2. The minimum atomic E-state index is -0.365. The van der Waals surface area contributed by atoms with E-state index in [2.05, 4.69) is 4.90 Å². The van der Waals surface area contributed by atoms with E-state index in [0.717, 1.165) is 44.8 Å². The van der Waals surface area contributed by atoms with Crippen molar-refractivity contribution in [3.63, 3.8) is 0 Å². The molecule has 2 rings (SSSR count). The van der Waals surface area contributed by atoms with E-state index in [1.54, 1.807) is 12.1 Å². The number of hydrogen-bond acceptors (Lipinski definition) is 4. The molecule has 104 valence electrons. The van der Waals surface area contributed by atoms with E-state index in [-0.39, 0.29) is 10.6 Å². The first-order valence-electron chi connectivity index (χ1n) is 6.40. The Balaban J connectivity index is 1.89. The first-order chi connectivity index (χ1) is 9.16. The van der Waals surface area contributed by atoms with Gasteiger partial charge in [-0.05, 0) is 25.5 Å². The predicted molar refractivity (Wildman–Crippen MR) is 73.7 cm³/mol. The molecule has 1 aromatic rings. The molecule has 6 heteroatoms. The summed E-state index contributed by atoms with van der Waals surface area (Å²) in [6.45, 7) is 4.40. The molecule has 1 saturated heterocycles. The van der Waals surface area contributed by atoms with Crippen LogP contribution in [0.2, 0.25) is 5.02 Å². The van der Waals surface area contributed by atoms with Gasteiger partial charge in [0, 0.05) is 29.7 Å². The van der Waals surface area contributed by atoms with Crippen molar-refractivity contribution in [1.29, 1.82) is 0 Å². The van der Waals surface area contributed by atoms with Gasteiger partial charge < -0.3 is 4.74 Å². The van der Waals surface area contributed by atoms with Crippen molar-refractivity contribution in [2.75, 3.05) is 32.8 Å². The highest BCUT2D eigenvalue weighted by Gasteiger charge is 2.15. The highest BCUT2D eigenvalue weighted by molar-refractivity contribution is 6.30. The maximum absolute atomic E-state index is 11.0. The molecule has 5 nitrogen and oxygen atoms in total. The molecule has 0 N–H and O–H groups in total. The second kappa shape index (κ2) is 6.84. The van der Waals surface area contributed by atoms with E-state index in [9.17, 15) is 10.1 Å². The summed E-state index contributed by atoms with van der Waals surface area (Å²) in [7, 11) is 0. The Bertz CT molecular complexity index is 448. The van der Waals surface area contributed by atoms with Gasteiger partial charge in [0.2, 0.25) is 0 Å². The molecule has 1 heterocycles. The average Bonchev–Trinajstić information content (AvgIpc) is 2.41. The Morgan fingerprint density at radius 3 is 2.79 bits per heavy atom. The smallest absolute Gasteiger partial charge is 0.274 e. The molecule has 0 spiro atoms. The number of ether oxygens (including phenoxy) is 1. The first-order valence-corrected chi connectivity index (χ1v) is 6.77. The van der Waals surface area contributed by atoms with Crippen molar-refractivity contribution in [1.82, 2.24) is 4.90 Å². The number of benzene rings is 1. The number of nitro benzene ring substituents is 1. The summed E-state index contributed by atoms with van der Waals surface area (Å²) in [6, 6.07) is 4.88. The molecule has 0 bridgehead atoms. The SMILES string of the molecule is O=[N+]([O-])c1cc(Cl)ccc1CCCN1CCOCC1. The van der Waals surface area contributed by atoms with Gasteiger partial charge in [0.1, 0.15) is 0 Å². The van der Waals surface area contributed by atoms with Crippen LogP contribution in [0.4, 0.5) is 5.69 Å². The van der Waals surface area contributed by atoms with Crippen LogP contribution in [0.3, 0.4) is 0 Å². The second-order valence-corrected chi connectivity index (χ2v) is 5.02. The summed E-state index contributed by atoms with van der Waals surface area (Å²) in [5.41, 5.74) is 0.872. The fourth-order valence-corrected chi connectivity index (χ4v) is 2.40. The number of halogens is 1. The Morgan fingerprint density at radius 2 is 2.11 bits per heavy atom. The van der Waals surface area contributed by atoms with Crippen LogP contribution in [0.5, 0.6) is 0 Å². The molecule has 1 aromatic carbocycles. The lowest BCUT2D eigenvalue weighted by Crippen LogP contribution is -2.36. The summed E-state index contributed by atoms with van der Waals surface area (Å²) in [6.07, 6.45) is 1.60. The first kappa shape index (κ1) is 14.2. The maximum Gasteiger partial charge on any atom is 0.274 e. The van der Waals surface area contributed by atoms with E-state index in [1.807, 2.05) is 0 Å². The summed E-state index contributed by atoms with van der Waals surface area (Å²) in [5, 5.41) is 11.4. The van der Waals surface area contributed by atoms with Crippen LogP contribution in [-0.4, -0.2) is 42.7 Å². The lowest BCUT2D eigenvalue weighted by atomic mass is 10.1. The van der Waals surface area contributed by atoms with Crippen molar-refractivity contribution in [3.8, 4) is 0 Å². The molecule has 0 saturated carbocycles. The van der Waals surface area contributed by atoms with Gasteiger partial charge in [-0.3, -0.25) is 15.0 Å². The molecule has 0 aliphatic carbocycles. The van der Waals surface area contributed by atoms with E-state index >= 15 is 0 Å². The van der Waals surface area contributed by atoms with Crippen LogP contribution in [0.1, 0.15) is 12.0 Å². The number of hydrogen-bond donors (Lipinski definition) is 0. The highest BCUT2D eigenvalue weighted by atomic mass is 35.5. The molecular weight excluding hydrogens is 268 g/mol. The third-order valence-electron chi connectivity index (χ3n) is 3.27. The Morgan fingerprint density at radius 1 is 1.37 bits per heavy atom. The predicted octanol–water partition coefficient (Wildman–Crippen LogP) is 2.51.